The number of rotatable bonds is 5. The van der Waals surface area contributed by atoms with Crippen LogP contribution in [0.3, 0.4) is 0 Å². The average molecular weight is 311 g/mol. The molecule has 0 aromatic carbocycles. The van der Waals surface area contributed by atoms with Gasteiger partial charge in [-0.2, -0.15) is 0 Å². The Labute approximate surface area is 125 Å². The van der Waals surface area contributed by atoms with Gasteiger partial charge in [0.15, 0.2) is 9.84 Å². The van der Waals surface area contributed by atoms with Crippen LogP contribution >= 0.6 is 0 Å². The summed E-state index contributed by atoms with van der Waals surface area (Å²) in [6.45, 7) is 2.20. The van der Waals surface area contributed by atoms with E-state index in [9.17, 15) is 13.2 Å². The zero-order valence-corrected chi connectivity index (χ0v) is 13.0. The molecule has 1 aromatic heterocycles. The summed E-state index contributed by atoms with van der Waals surface area (Å²) in [6, 6.07) is 3.72. The molecule has 1 N–H and O–H groups in total. The maximum Gasteiger partial charge on any atom is 0.220 e. The minimum atomic E-state index is -2.95. The minimum Gasteiger partial charge on any atom is -0.466 e. The number of carbonyl (C=O) groups is 1. The Morgan fingerprint density at radius 3 is 2.81 bits per heavy atom. The molecule has 0 radical (unpaired) electrons. The van der Waals surface area contributed by atoms with Crippen molar-refractivity contribution in [3.8, 4) is 0 Å². The van der Waals surface area contributed by atoms with Crippen LogP contribution in [0, 0.1) is 5.92 Å². The summed E-state index contributed by atoms with van der Waals surface area (Å²) in [5.41, 5.74) is 0. The summed E-state index contributed by atoms with van der Waals surface area (Å²) in [4.78, 5) is 11.8. The minimum absolute atomic E-state index is 0.0726. The highest BCUT2D eigenvalue weighted by Crippen LogP contribution is 2.47. The molecular formula is C15H21NO4S. The van der Waals surface area contributed by atoms with Crippen molar-refractivity contribution in [2.24, 2.45) is 5.92 Å². The van der Waals surface area contributed by atoms with E-state index in [1.54, 1.807) is 0 Å². The highest BCUT2D eigenvalue weighted by molar-refractivity contribution is 7.91. The van der Waals surface area contributed by atoms with Gasteiger partial charge in [0.1, 0.15) is 11.5 Å². The van der Waals surface area contributed by atoms with Crippen molar-refractivity contribution in [2.75, 3.05) is 11.5 Å². The van der Waals surface area contributed by atoms with Crippen LogP contribution < -0.4 is 5.32 Å². The third kappa shape index (κ3) is 3.67. The summed E-state index contributed by atoms with van der Waals surface area (Å²) in [5, 5.41) is 2.79. The fourth-order valence-electron chi connectivity index (χ4n) is 2.89. The molecule has 2 aliphatic rings. The van der Waals surface area contributed by atoms with Gasteiger partial charge in [0.25, 0.3) is 0 Å². The van der Waals surface area contributed by atoms with E-state index in [4.69, 9.17) is 4.42 Å². The predicted octanol–water partition coefficient (Wildman–Crippen LogP) is 1.64. The van der Waals surface area contributed by atoms with Gasteiger partial charge in [0, 0.05) is 24.8 Å². The number of sulfone groups is 1. The second kappa shape index (κ2) is 5.48. The number of hydrogen-bond donors (Lipinski definition) is 1. The van der Waals surface area contributed by atoms with Crippen molar-refractivity contribution in [2.45, 2.75) is 44.6 Å². The van der Waals surface area contributed by atoms with E-state index in [0.29, 0.717) is 31.1 Å². The maximum atomic E-state index is 11.8. The van der Waals surface area contributed by atoms with Crippen molar-refractivity contribution in [1.29, 1.82) is 0 Å². The number of nitrogens with one attached hydrogen (secondary N) is 1. The summed E-state index contributed by atoms with van der Waals surface area (Å²) in [6.07, 6.45) is 2.61. The molecule has 1 aliphatic carbocycles. The smallest absolute Gasteiger partial charge is 0.220 e. The van der Waals surface area contributed by atoms with Crippen molar-refractivity contribution in [1.82, 2.24) is 5.32 Å². The zero-order chi connectivity index (χ0) is 15.0. The van der Waals surface area contributed by atoms with Gasteiger partial charge in [-0.3, -0.25) is 4.79 Å². The van der Waals surface area contributed by atoms with Crippen LogP contribution in [0.25, 0.3) is 0 Å². The molecule has 1 aromatic rings. The van der Waals surface area contributed by atoms with Gasteiger partial charge in [0.05, 0.1) is 11.5 Å². The standard InChI is InChI=1S/C15H21NO4S/c1-10-8-13(10)14-4-2-12(20-14)3-5-15(17)16-11-6-7-21(18,19)9-11/h2,4,10-11,13H,3,5-9H2,1H3,(H,16,17)/t10-,11+,13+/m1/s1. The highest BCUT2D eigenvalue weighted by Gasteiger charge is 2.36. The molecule has 0 unspecified atom stereocenters. The van der Waals surface area contributed by atoms with E-state index in [2.05, 4.69) is 12.2 Å². The lowest BCUT2D eigenvalue weighted by atomic mass is 10.2. The van der Waals surface area contributed by atoms with Gasteiger partial charge in [-0.25, -0.2) is 8.42 Å². The van der Waals surface area contributed by atoms with Gasteiger partial charge in [-0.15, -0.1) is 0 Å². The molecule has 0 bridgehead atoms. The van der Waals surface area contributed by atoms with Crippen molar-refractivity contribution in [3.63, 3.8) is 0 Å². The fraction of sp³-hybridized carbons (Fsp3) is 0.667. The predicted molar refractivity (Wildman–Crippen MR) is 78.8 cm³/mol. The Balaban J connectivity index is 1.44. The third-order valence-corrected chi connectivity index (χ3v) is 6.12. The first-order valence-electron chi connectivity index (χ1n) is 7.51. The molecule has 2 fully saturated rings. The first-order valence-corrected chi connectivity index (χ1v) is 9.33. The summed E-state index contributed by atoms with van der Waals surface area (Å²) >= 11 is 0. The van der Waals surface area contributed by atoms with E-state index in [0.717, 1.165) is 11.5 Å². The van der Waals surface area contributed by atoms with Gasteiger partial charge in [-0.1, -0.05) is 6.92 Å². The van der Waals surface area contributed by atoms with Crippen LogP contribution in [0.5, 0.6) is 0 Å². The van der Waals surface area contributed by atoms with Crippen LogP contribution in [0.4, 0.5) is 0 Å². The zero-order valence-electron chi connectivity index (χ0n) is 12.2. The van der Waals surface area contributed by atoms with Gasteiger partial charge < -0.3 is 9.73 Å². The Morgan fingerprint density at radius 1 is 1.43 bits per heavy atom. The second-order valence-electron chi connectivity index (χ2n) is 6.29. The SMILES string of the molecule is C[C@@H]1C[C@@H]1c1ccc(CCC(=O)N[C@H]2CCS(=O)(=O)C2)o1. The highest BCUT2D eigenvalue weighted by atomic mass is 32.2. The van der Waals surface area contributed by atoms with E-state index < -0.39 is 9.84 Å². The van der Waals surface area contributed by atoms with Crippen LogP contribution in [-0.4, -0.2) is 31.9 Å². The van der Waals surface area contributed by atoms with Gasteiger partial charge in [0.2, 0.25) is 5.91 Å². The lowest BCUT2D eigenvalue weighted by Crippen LogP contribution is -2.35. The molecule has 5 nitrogen and oxygen atoms in total. The Hall–Kier alpha value is -1.30. The number of carbonyl (C=O) groups excluding carboxylic acids is 1. The number of furan rings is 1. The number of aryl methyl sites for hydroxylation is 1. The molecule has 0 spiro atoms. The first kappa shape index (κ1) is 14.6. The number of hydrogen-bond acceptors (Lipinski definition) is 4. The van der Waals surface area contributed by atoms with E-state index in [-0.39, 0.29) is 23.5 Å². The number of amides is 1. The molecule has 2 heterocycles. The molecule has 3 atom stereocenters. The molecule has 6 heteroatoms. The largest absolute Gasteiger partial charge is 0.466 e. The Kier molecular flexibility index (Phi) is 3.82. The van der Waals surface area contributed by atoms with Crippen molar-refractivity contribution in [3.05, 3.63) is 23.7 Å². The summed E-state index contributed by atoms with van der Waals surface area (Å²) in [5.74, 6) is 3.27. The molecule has 1 saturated carbocycles. The third-order valence-electron chi connectivity index (χ3n) is 4.35. The van der Waals surface area contributed by atoms with Crippen LogP contribution in [0.2, 0.25) is 0 Å². The molecule has 3 rings (SSSR count). The molecule has 1 amide bonds. The van der Waals surface area contributed by atoms with Crippen LogP contribution in [-0.2, 0) is 21.1 Å². The normalized spacial score (nSPS) is 30.2. The quantitative estimate of drug-likeness (QED) is 0.897. The van der Waals surface area contributed by atoms with E-state index >= 15 is 0 Å². The van der Waals surface area contributed by atoms with E-state index in [1.165, 1.54) is 6.42 Å². The monoisotopic (exact) mass is 311 g/mol. The Bertz CT molecular complexity index is 634. The molecule has 1 aliphatic heterocycles. The lowest BCUT2D eigenvalue weighted by molar-refractivity contribution is -0.121. The molecule has 1 saturated heterocycles. The maximum absolute atomic E-state index is 11.8. The summed E-state index contributed by atoms with van der Waals surface area (Å²) in [7, 11) is -2.95. The average Bonchev–Trinajstić information content (AvgIpc) is 2.84. The molecular weight excluding hydrogens is 290 g/mol. The second-order valence-corrected chi connectivity index (χ2v) is 8.52. The van der Waals surface area contributed by atoms with Crippen LogP contribution in [0.1, 0.15) is 43.6 Å². The Morgan fingerprint density at radius 2 is 2.19 bits per heavy atom. The summed E-state index contributed by atoms with van der Waals surface area (Å²) < 4.78 is 28.4. The van der Waals surface area contributed by atoms with Gasteiger partial charge >= 0.3 is 0 Å². The van der Waals surface area contributed by atoms with Crippen molar-refractivity contribution < 1.29 is 17.6 Å². The topological polar surface area (TPSA) is 76.4 Å². The lowest BCUT2D eigenvalue weighted by Gasteiger charge is -2.10. The van der Waals surface area contributed by atoms with Gasteiger partial charge in [-0.05, 0) is 30.9 Å². The molecule has 21 heavy (non-hydrogen) atoms. The fourth-order valence-corrected chi connectivity index (χ4v) is 4.57. The van der Waals surface area contributed by atoms with Crippen LogP contribution in [0.15, 0.2) is 16.5 Å². The first-order chi connectivity index (χ1) is 9.93. The van der Waals surface area contributed by atoms with E-state index in [1.807, 2.05) is 12.1 Å². The van der Waals surface area contributed by atoms with Crippen molar-refractivity contribution >= 4 is 15.7 Å². The molecule has 116 valence electrons.